The lowest BCUT2D eigenvalue weighted by atomic mass is 9.96. The van der Waals surface area contributed by atoms with E-state index in [1.165, 1.54) is 11.0 Å². The molecule has 1 fully saturated rings. The van der Waals surface area contributed by atoms with Gasteiger partial charge in [0.15, 0.2) is 0 Å². The van der Waals surface area contributed by atoms with Gasteiger partial charge in [-0.05, 0) is 59.2 Å². The molecule has 0 radical (unpaired) electrons. The number of tetrazole rings is 1. The van der Waals surface area contributed by atoms with E-state index in [1.54, 1.807) is 12.0 Å². The molecule has 2 amide bonds. The van der Waals surface area contributed by atoms with Crippen molar-refractivity contribution < 1.29 is 14.3 Å². The number of methoxy groups -OCH3 is 1. The van der Waals surface area contributed by atoms with Gasteiger partial charge in [-0.3, -0.25) is 9.59 Å². The van der Waals surface area contributed by atoms with Crippen molar-refractivity contribution >= 4 is 17.5 Å². The molecular weight excluding hydrogens is 396 g/mol. The summed E-state index contributed by atoms with van der Waals surface area (Å²) in [6.07, 6.45) is 3.36. The quantitative estimate of drug-likeness (QED) is 0.655. The maximum atomic E-state index is 12.9. The maximum absolute atomic E-state index is 12.9. The van der Waals surface area contributed by atoms with Crippen molar-refractivity contribution in [1.29, 1.82) is 0 Å². The molecule has 0 spiro atoms. The minimum atomic E-state index is -0.245. The summed E-state index contributed by atoms with van der Waals surface area (Å²) in [4.78, 5) is 27.4. The zero-order valence-corrected chi connectivity index (χ0v) is 17.3. The van der Waals surface area contributed by atoms with Gasteiger partial charge in [-0.15, -0.1) is 5.10 Å². The van der Waals surface area contributed by atoms with Crippen molar-refractivity contribution in [1.82, 2.24) is 25.1 Å². The van der Waals surface area contributed by atoms with Crippen LogP contribution < -0.4 is 10.1 Å². The van der Waals surface area contributed by atoms with Crippen LogP contribution in [0.5, 0.6) is 5.75 Å². The highest BCUT2D eigenvalue weighted by atomic mass is 16.5. The molecule has 9 heteroatoms. The number of hydrogen-bond acceptors (Lipinski definition) is 6. The number of likely N-dealkylation sites (tertiary alicyclic amines) is 1. The van der Waals surface area contributed by atoms with E-state index in [-0.39, 0.29) is 17.7 Å². The molecule has 1 unspecified atom stereocenters. The Labute approximate surface area is 180 Å². The lowest BCUT2D eigenvalue weighted by Gasteiger charge is -2.32. The molecule has 160 valence electrons. The van der Waals surface area contributed by atoms with Crippen molar-refractivity contribution in [3.8, 4) is 11.4 Å². The summed E-state index contributed by atoms with van der Waals surface area (Å²) >= 11 is 0. The molecular formula is C22H24N6O3. The first-order valence-corrected chi connectivity index (χ1v) is 10.2. The Morgan fingerprint density at radius 3 is 2.77 bits per heavy atom. The minimum absolute atomic E-state index is 0.0309. The van der Waals surface area contributed by atoms with Gasteiger partial charge in [-0.2, -0.15) is 0 Å². The smallest absolute Gasteiger partial charge is 0.229 e. The Morgan fingerprint density at radius 2 is 2.03 bits per heavy atom. The molecule has 3 aromatic rings. The molecule has 2 aromatic carbocycles. The van der Waals surface area contributed by atoms with Gasteiger partial charge in [0, 0.05) is 18.8 Å². The number of rotatable bonds is 6. The first-order valence-electron chi connectivity index (χ1n) is 10.2. The van der Waals surface area contributed by atoms with Crippen LogP contribution in [0, 0.1) is 5.92 Å². The summed E-state index contributed by atoms with van der Waals surface area (Å²) in [6, 6.07) is 14.8. The Hall–Kier alpha value is -3.75. The number of carbonyl (C=O) groups excluding carboxylic acids is 2. The van der Waals surface area contributed by atoms with E-state index in [0.717, 1.165) is 29.8 Å². The molecule has 2 heterocycles. The number of carbonyl (C=O) groups is 2. The Morgan fingerprint density at radius 1 is 1.19 bits per heavy atom. The molecule has 1 saturated heterocycles. The van der Waals surface area contributed by atoms with Gasteiger partial charge in [0.05, 0.1) is 25.1 Å². The number of nitrogens with one attached hydrogen (secondary N) is 1. The van der Waals surface area contributed by atoms with Crippen LogP contribution in [0.1, 0.15) is 18.4 Å². The second-order valence-electron chi connectivity index (χ2n) is 7.50. The predicted molar refractivity (Wildman–Crippen MR) is 114 cm³/mol. The Balaban J connectivity index is 1.36. The molecule has 4 rings (SSSR count). The predicted octanol–water partition coefficient (Wildman–Crippen LogP) is 2.09. The van der Waals surface area contributed by atoms with Crippen molar-refractivity contribution in [3.05, 3.63) is 60.4 Å². The topological polar surface area (TPSA) is 102 Å². The van der Waals surface area contributed by atoms with Crippen LogP contribution in [0.2, 0.25) is 0 Å². The molecule has 1 aromatic heterocycles. The lowest BCUT2D eigenvalue weighted by Crippen LogP contribution is -2.44. The van der Waals surface area contributed by atoms with Crippen LogP contribution in [0.3, 0.4) is 0 Å². The third kappa shape index (κ3) is 5.06. The number of ether oxygens (including phenoxy) is 1. The first kappa shape index (κ1) is 20.5. The molecule has 1 atom stereocenters. The second kappa shape index (κ2) is 9.38. The lowest BCUT2D eigenvalue weighted by molar-refractivity contribution is -0.133. The fraction of sp³-hybridized carbons (Fsp3) is 0.318. The van der Waals surface area contributed by atoms with E-state index in [2.05, 4.69) is 20.8 Å². The molecule has 9 nitrogen and oxygen atoms in total. The van der Waals surface area contributed by atoms with Crippen LogP contribution in [0.25, 0.3) is 5.69 Å². The number of amides is 2. The highest BCUT2D eigenvalue weighted by Gasteiger charge is 2.28. The summed E-state index contributed by atoms with van der Waals surface area (Å²) in [5.41, 5.74) is 2.35. The molecule has 31 heavy (non-hydrogen) atoms. The number of anilines is 1. The van der Waals surface area contributed by atoms with Gasteiger partial charge in [0.25, 0.3) is 0 Å². The van der Waals surface area contributed by atoms with E-state index in [4.69, 9.17) is 4.74 Å². The first-order chi connectivity index (χ1) is 15.1. The van der Waals surface area contributed by atoms with Crippen LogP contribution >= 0.6 is 0 Å². The third-order valence-corrected chi connectivity index (χ3v) is 5.39. The number of benzene rings is 2. The molecule has 1 aliphatic heterocycles. The summed E-state index contributed by atoms with van der Waals surface area (Å²) in [6.45, 7) is 1.10. The fourth-order valence-electron chi connectivity index (χ4n) is 3.70. The van der Waals surface area contributed by atoms with Gasteiger partial charge >= 0.3 is 0 Å². The maximum Gasteiger partial charge on any atom is 0.229 e. The molecule has 0 bridgehead atoms. The normalized spacial score (nSPS) is 16.0. The second-order valence-corrected chi connectivity index (χ2v) is 7.50. The van der Waals surface area contributed by atoms with Crippen LogP contribution in [0.4, 0.5) is 5.69 Å². The molecule has 1 aliphatic rings. The van der Waals surface area contributed by atoms with Gasteiger partial charge in [0.2, 0.25) is 11.8 Å². The number of aromatic nitrogens is 4. The summed E-state index contributed by atoms with van der Waals surface area (Å²) in [5, 5.41) is 14.1. The van der Waals surface area contributed by atoms with E-state index < -0.39 is 0 Å². The Kier molecular flexibility index (Phi) is 6.21. The molecule has 1 N–H and O–H groups in total. The van der Waals surface area contributed by atoms with E-state index in [9.17, 15) is 9.59 Å². The molecule has 0 aliphatic carbocycles. The van der Waals surface area contributed by atoms with Crippen molar-refractivity contribution in [2.24, 2.45) is 5.92 Å². The average Bonchev–Trinajstić information content (AvgIpc) is 3.35. The Bertz CT molecular complexity index is 1040. The zero-order chi connectivity index (χ0) is 21.6. The third-order valence-electron chi connectivity index (χ3n) is 5.39. The van der Waals surface area contributed by atoms with Gasteiger partial charge < -0.3 is 15.0 Å². The standard InChI is InChI=1S/C22H24N6O3/c1-31-20-9-7-16(8-10-20)12-21(29)27-11-3-4-17(14-27)22(30)24-18-5-2-6-19(13-18)28-15-23-25-26-28/h2,5-10,13,15,17H,3-4,11-12,14H2,1H3,(H,24,30). The van der Waals surface area contributed by atoms with Gasteiger partial charge in [-0.1, -0.05) is 18.2 Å². The number of nitrogens with zero attached hydrogens (tertiary/aromatic N) is 5. The van der Waals surface area contributed by atoms with Crippen LogP contribution in [-0.4, -0.2) is 57.1 Å². The zero-order valence-electron chi connectivity index (χ0n) is 17.3. The minimum Gasteiger partial charge on any atom is -0.497 e. The van der Waals surface area contributed by atoms with E-state index in [0.29, 0.717) is 25.2 Å². The molecule has 0 saturated carbocycles. The largest absolute Gasteiger partial charge is 0.497 e. The number of piperidine rings is 1. The van der Waals surface area contributed by atoms with Crippen molar-refractivity contribution in [2.45, 2.75) is 19.3 Å². The van der Waals surface area contributed by atoms with Crippen LogP contribution in [-0.2, 0) is 16.0 Å². The van der Waals surface area contributed by atoms with Gasteiger partial charge in [0.1, 0.15) is 12.1 Å². The van der Waals surface area contributed by atoms with Crippen molar-refractivity contribution in [2.75, 3.05) is 25.5 Å². The summed E-state index contributed by atoms with van der Waals surface area (Å²) < 4.78 is 6.68. The summed E-state index contributed by atoms with van der Waals surface area (Å²) in [7, 11) is 1.61. The van der Waals surface area contributed by atoms with E-state index >= 15 is 0 Å². The van der Waals surface area contributed by atoms with E-state index in [1.807, 2.05) is 48.5 Å². The van der Waals surface area contributed by atoms with Gasteiger partial charge in [-0.25, -0.2) is 4.68 Å². The average molecular weight is 420 g/mol. The summed E-state index contributed by atoms with van der Waals surface area (Å²) in [5.74, 6) is 0.458. The van der Waals surface area contributed by atoms with Crippen molar-refractivity contribution in [3.63, 3.8) is 0 Å². The monoisotopic (exact) mass is 420 g/mol. The highest BCUT2D eigenvalue weighted by Crippen LogP contribution is 2.21. The number of hydrogen-bond donors (Lipinski definition) is 1. The highest BCUT2D eigenvalue weighted by molar-refractivity contribution is 5.93. The SMILES string of the molecule is COc1ccc(CC(=O)N2CCCC(C(=O)Nc3cccc(-n4cnnn4)c3)C2)cc1. The fourth-order valence-corrected chi connectivity index (χ4v) is 3.70. The van der Waals surface area contributed by atoms with Crippen LogP contribution in [0.15, 0.2) is 54.9 Å².